The van der Waals surface area contributed by atoms with E-state index in [0.29, 0.717) is 11.8 Å². The largest absolute Gasteiger partial charge is 0.354 e. The standard InChI is InChI=1S/C28H37N5/c1-6-7-12-32-13-10-21(11-14-32)22-8-9-25-24(16-22)26(18(2)3)27(30-25)23-15-19(4)28-31-29-17-33(28)20(23)5/h8-9,15-18,21,30H,6-7,10-14H2,1-5H3. The minimum atomic E-state index is 0.427. The average Bonchev–Trinajstić information content (AvgIpc) is 3.45. The molecule has 3 aromatic heterocycles. The number of hydrogen-bond donors (Lipinski definition) is 1. The van der Waals surface area contributed by atoms with E-state index in [9.17, 15) is 0 Å². The lowest BCUT2D eigenvalue weighted by Gasteiger charge is -2.32. The molecule has 174 valence electrons. The van der Waals surface area contributed by atoms with Crippen molar-refractivity contribution in [3.8, 4) is 11.3 Å². The summed E-state index contributed by atoms with van der Waals surface area (Å²) in [5, 5.41) is 9.82. The Morgan fingerprint density at radius 2 is 1.91 bits per heavy atom. The van der Waals surface area contributed by atoms with E-state index in [1.165, 1.54) is 84.3 Å². The van der Waals surface area contributed by atoms with Gasteiger partial charge in [0.15, 0.2) is 5.65 Å². The molecule has 1 fully saturated rings. The van der Waals surface area contributed by atoms with Crippen LogP contribution in [0, 0.1) is 13.8 Å². The van der Waals surface area contributed by atoms with Gasteiger partial charge in [0.25, 0.3) is 0 Å². The van der Waals surface area contributed by atoms with Crippen LogP contribution >= 0.6 is 0 Å². The summed E-state index contributed by atoms with van der Waals surface area (Å²) < 4.78 is 2.11. The molecular weight excluding hydrogens is 406 g/mol. The third-order valence-electron chi connectivity index (χ3n) is 7.61. The number of rotatable bonds is 6. The zero-order chi connectivity index (χ0) is 23.1. The third kappa shape index (κ3) is 3.97. The lowest BCUT2D eigenvalue weighted by atomic mass is 9.87. The van der Waals surface area contributed by atoms with Crippen molar-refractivity contribution in [1.82, 2.24) is 24.5 Å². The van der Waals surface area contributed by atoms with Gasteiger partial charge in [0.2, 0.25) is 0 Å². The van der Waals surface area contributed by atoms with Crippen LogP contribution in [-0.2, 0) is 0 Å². The number of likely N-dealkylation sites (tertiary alicyclic amines) is 1. The molecule has 0 spiro atoms. The molecule has 1 aliphatic heterocycles. The van der Waals surface area contributed by atoms with Gasteiger partial charge in [0.05, 0.1) is 5.69 Å². The van der Waals surface area contributed by atoms with Gasteiger partial charge in [-0.2, -0.15) is 0 Å². The number of benzene rings is 1. The Morgan fingerprint density at radius 3 is 2.64 bits per heavy atom. The van der Waals surface area contributed by atoms with E-state index in [2.05, 4.69) is 83.4 Å². The highest BCUT2D eigenvalue weighted by molar-refractivity contribution is 5.92. The van der Waals surface area contributed by atoms with Crippen LogP contribution in [0.25, 0.3) is 27.8 Å². The normalized spacial score (nSPS) is 15.9. The number of nitrogens with one attached hydrogen (secondary N) is 1. The Kier molecular flexibility index (Phi) is 6.00. The molecule has 5 rings (SSSR count). The van der Waals surface area contributed by atoms with Gasteiger partial charge in [-0.15, -0.1) is 10.2 Å². The molecule has 0 saturated carbocycles. The molecule has 1 N–H and O–H groups in total. The molecule has 0 radical (unpaired) electrons. The fraction of sp³-hybridized carbons (Fsp3) is 0.500. The zero-order valence-electron chi connectivity index (χ0n) is 20.8. The van der Waals surface area contributed by atoms with Crippen molar-refractivity contribution in [2.75, 3.05) is 19.6 Å². The van der Waals surface area contributed by atoms with Crippen LogP contribution in [0.15, 0.2) is 30.6 Å². The Labute approximate surface area is 197 Å². The maximum Gasteiger partial charge on any atom is 0.163 e. The van der Waals surface area contributed by atoms with Gasteiger partial charge in [-0.3, -0.25) is 4.40 Å². The van der Waals surface area contributed by atoms with Crippen LogP contribution in [0.2, 0.25) is 0 Å². The van der Waals surface area contributed by atoms with Crippen LogP contribution in [0.4, 0.5) is 0 Å². The smallest absolute Gasteiger partial charge is 0.163 e. The molecule has 0 bridgehead atoms. The number of fused-ring (bicyclic) bond motifs is 2. The third-order valence-corrected chi connectivity index (χ3v) is 7.61. The summed E-state index contributed by atoms with van der Waals surface area (Å²) in [4.78, 5) is 6.44. The second-order valence-electron chi connectivity index (χ2n) is 10.2. The Balaban J connectivity index is 1.54. The van der Waals surface area contributed by atoms with Gasteiger partial charge in [-0.1, -0.05) is 33.3 Å². The lowest BCUT2D eigenvalue weighted by molar-refractivity contribution is 0.210. The summed E-state index contributed by atoms with van der Waals surface area (Å²) in [6.45, 7) is 14.9. The van der Waals surface area contributed by atoms with E-state index >= 15 is 0 Å². The molecular formula is C28H37N5. The van der Waals surface area contributed by atoms with Crippen molar-refractivity contribution >= 4 is 16.6 Å². The summed E-state index contributed by atoms with van der Waals surface area (Å²) in [6, 6.07) is 9.42. The van der Waals surface area contributed by atoms with E-state index in [1.807, 2.05) is 6.33 Å². The molecule has 0 aliphatic carbocycles. The maximum atomic E-state index is 4.30. The monoisotopic (exact) mass is 443 g/mol. The van der Waals surface area contributed by atoms with Gasteiger partial charge in [0, 0.05) is 22.2 Å². The first-order chi connectivity index (χ1) is 16.0. The molecule has 5 heteroatoms. The number of hydrogen-bond acceptors (Lipinski definition) is 3. The van der Waals surface area contributed by atoms with Crippen molar-refractivity contribution in [1.29, 1.82) is 0 Å². The second-order valence-corrected chi connectivity index (χ2v) is 10.2. The first-order valence-electron chi connectivity index (χ1n) is 12.7. The molecule has 1 aliphatic rings. The number of aromatic amines is 1. The fourth-order valence-corrected chi connectivity index (χ4v) is 5.69. The molecule has 1 saturated heterocycles. The van der Waals surface area contributed by atoms with Crippen LogP contribution in [0.3, 0.4) is 0 Å². The molecule has 4 aromatic rings. The number of pyridine rings is 1. The highest BCUT2D eigenvalue weighted by atomic mass is 15.2. The molecule has 33 heavy (non-hydrogen) atoms. The summed E-state index contributed by atoms with van der Waals surface area (Å²) in [5.74, 6) is 1.10. The molecule has 0 atom stereocenters. The second kappa shape index (κ2) is 8.94. The SMILES string of the molecule is CCCCN1CCC(c2ccc3[nH]c(-c4cc(C)c5nncn5c4C)c(C(C)C)c3c2)CC1. The molecule has 1 aromatic carbocycles. The summed E-state index contributed by atoms with van der Waals surface area (Å²) in [6.07, 6.45) is 6.97. The van der Waals surface area contributed by atoms with Crippen molar-refractivity contribution in [2.45, 2.75) is 72.1 Å². The van der Waals surface area contributed by atoms with Crippen molar-refractivity contribution in [2.24, 2.45) is 0 Å². The maximum absolute atomic E-state index is 4.30. The van der Waals surface area contributed by atoms with Crippen LogP contribution in [-0.4, -0.2) is 44.1 Å². The van der Waals surface area contributed by atoms with Gasteiger partial charge in [-0.25, -0.2) is 0 Å². The van der Waals surface area contributed by atoms with Crippen LogP contribution in [0.5, 0.6) is 0 Å². The minimum Gasteiger partial charge on any atom is -0.354 e. The van der Waals surface area contributed by atoms with Gasteiger partial charge in [-0.05, 0) is 99.5 Å². The summed E-state index contributed by atoms with van der Waals surface area (Å²) in [7, 11) is 0. The number of nitrogens with zero attached hydrogens (tertiary/aromatic N) is 4. The van der Waals surface area contributed by atoms with E-state index in [0.717, 1.165) is 11.2 Å². The van der Waals surface area contributed by atoms with E-state index in [-0.39, 0.29) is 0 Å². The molecule has 0 amide bonds. The van der Waals surface area contributed by atoms with Gasteiger partial charge >= 0.3 is 0 Å². The number of aromatic nitrogens is 4. The Bertz CT molecular complexity index is 1270. The molecule has 0 unspecified atom stereocenters. The van der Waals surface area contributed by atoms with E-state index < -0.39 is 0 Å². The minimum absolute atomic E-state index is 0.427. The first kappa shape index (κ1) is 22.1. The summed E-state index contributed by atoms with van der Waals surface area (Å²) in [5.41, 5.74) is 9.90. The highest BCUT2D eigenvalue weighted by Gasteiger charge is 2.23. The predicted molar refractivity (Wildman–Crippen MR) is 137 cm³/mol. The van der Waals surface area contributed by atoms with Gasteiger partial charge < -0.3 is 9.88 Å². The number of aryl methyl sites for hydroxylation is 2. The Morgan fingerprint density at radius 1 is 1.12 bits per heavy atom. The predicted octanol–water partition coefficient (Wildman–Crippen LogP) is 6.60. The van der Waals surface area contributed by atoms with Crippen molar-refractivity contribution < 1.29 is 0 Å². The average molecular weight is 444 g/mol. The molecule has 5 nitrogen and oxygen atoms in total. The number of unbranched alkanes of at least 4 members (excludes halogenated alkanes) is 1. The van der Waals surface area contributed by atoms with Crippen LogP contribution in [0.1, 0.15) is 80.7 Å². The van der Waals surface area contributed by atoms with E-state index in [4.69, 9.17) is 0 Å². The molecule has 4 heterocycles. The summed E-state index contributed by atoms with van der Waals surface area (Å²) >= 11 is 0. The Hall–Kier alpha value is -2.66. The quantitative estimate of drug-likeness (QED) is 0.365. The fourth-order valence-electron chi connectivity index (χ4n) is 5.69. The lowest BCUT2D eigenvalue weighted by Crippen LogP contribution is -2.33. The van der Waals surface area contributed by atoms with E-state index in [1.54, 1.807) is 0 Å². The highest BCUT2D eigenvalue weighted by Crippen LogP contribution is 2.39. The number of piperidine rings is 1. The van der Waals surface area contributed by atoms with Crippen molar-refractivity contribution in [3.63, 3.8) is 0 Å². The first-order valence-corrected chi connectivity index (χ1v) is 12.7. The van der Waals surface area contributed by atoms with Crippen LogP contribution < -0.4 is 0 Å². The zero-order valence-corrected chi connectivity index (χ0v) is 20.8. The van der Waals surface area contributed by atoms with Crippen molar-refractivity contribution in [3.05, 3.63) is 53.0 Å². The van der Waals surface area contributed by atoms with Gasteiger partial charge in [0.1, 0.15) is 6.33 Å². The number of H-pyrrole nitrogens is 1. The topological polar surface area (TPSA) is 49.2 Å².